The molecule has 0 radical (unpaired) electrons. The summed E-state index contributed by atoms with van der Waals surface area (Å²) >= 11 is 0. The molecule has 2 heterocycles. The Bertz CT molecular complexity index is 811. The number of nitro benzene ring substituents is 1. The number of nitrogens with zero attached hydrogens (tertiary/aromatic N) is 3. The molecule has 26 heavy (non-hydrogen) atoms. The Morgan fingerprint density at radius 2 is 1.96 bits per heavy atom. The van der Waals surface area contributed by atoms with E-state index in [0.717, 1.165) is 25.2 Å². The molecule has 0 N–H and O–H groups in total. The van der Waals surface area contributed by atoms with Crippen LogP contribution >= 0.6 is 0 Å². The van der Waals surface area contributed by atoms with Gasteiger partial charge in [0.15, 0.2) is 9.84 Å². The van der Waals surface area contributed by atoms with Crippen molar-refractivity contribution >= 4 is 27.1 Å². The van der Waals surface area contributed by atoms with Crippen molar-refractivity contribution in [2.45, 2.75) is 23.8 Å². The van der Waals surface area contributed by atoms with Crippen LogP contribution in [0.4, 0.5) is 11.4 Å². The highest BCUT2D eigenvalue weighted by molar-refractivity contribution is 7.90. The Kier molecular flexibility index (Phi) is 5.15. The molecule has 0 aromatic heterocycles. The number of rotatable bonds is 4. The molecule has 3 rings (SSSR count). The van der Waals surface area contributed by atoms with Gasteiger partial charge in [-0.1, -0.05) is 0 Å². The van der Waals surface area contributed by atoms with Crippen molar-refractivity contribution in [3.05, 3.63) is 28.3 Å². The highest BCUT2D eigenvalue weighted by Gasteiger charge is 2.32. The largest absolute Gasteiger partial charge is 0.368 e. The molecule has 2 aliphatic heterocycles. The van der Waals surface area contributed by atoms with E-state index in [1.165, 1.54) is 12.1 Å². The maximum absolute atomic E-state index is 12.4. The molecule has 1 aromatic rings. The van der Waals surface area contributed by atoms with Crippen LogP contribution in [0.25, 0.3) is 0 Å². The summed E-state index contributed by atoms with van der Waals surface area (Å²) in [6, 6.07) is 3.93. The van der Waals surface area contributed by atoms with E-state index in [1.54, 1.807) is 4.90 Å². The van der Waals surface area contributed by atoms with Gasteiger partial charge in [-0.25, -0.2) is 8.42 Å². The minimum Gasteiger partial charge on any atom is -0.368 e. The molecule has 142 valence electrons. The second-order valence-electron chi connectivity index (χ2n) is 6.49. The molecule has 10 heteroatoms. The third-order valence-electron chi connectivity index (χ3n) is 4.71. The number of hydrogen-bond acceptors (Lipinski definition) is 7. The highest BCUT2D eigenvalue weighted by Crippen LogP contribution is 2.31. The summed E-state index contributed by atoms with van der Waals surface area (Å²) < 4.78 is 28.7. The SMILES string of the molecule is CS(=O)(=O)c1ccc(N2CCN(C(=O)[C@H]3CCCO3)CC2)c([N+](=O)[O-])c1. The summed E-state index contributed by atoms with van der Waals surface area (Å²) in [5, 5.41) is 11.4. The monoisotopic (exact) mass is 383 g/mol. The minimum absolute atomic E-state index is 0.0240. The molecule has 2 fully saturated rings. The van der Waals surface area contributed by atoms with Gasteiger partial charge in [0.05, 0.1) is 9.82 Å². The molecule has 0 saturated carbocycles. The van der Waals surface area contributed by atoms with E-state index in [1.807, 2.05) is 4.90 Å². The third kappa shape index (κ3) is 3.80. The first-order valence-electron chi connectivity index (χ1n) is 8.41. The average Bonchev–Trinajstić information content (AvgIpc) is 3.14. The molecule has 0 bridgehead atoms. The Labute approximate surface area is 151 Å². The topological polar surface area (TPSA) is 110 Å². The summed E-state index contributed by atoms with van der Waals surface area (Å²) in [6.45, 7) is 2.39. The molecule has 0 unspecified atom stereocenters. The van der Waals surface area contributed by atoms with Gasteiger partial charge < -0.3 is 14.5 Å². The number of ether oxygens (including phenoxy) is 1. The Hall–Kier alpha value is -2.20. The van der Waals surface area contributed by atoms with E-state index in [9.17, 15) is 23.3 Å². The normalized spacial score (nSPS) is 21.0. The lowest BCUT2D eigenvalue weighted by Gasteiger charge is -2.36. The number of carbonyl (C=O) groups excluding carboxylic acids is 1. The standard InChI is InChI=1S/C16H21N3O6S/c1-26(23,24)12-4-5-13(14(11-12)19(21)22)17-6-8-18(9-7-17)16(20)15-3-2-10-25-15/h4-5,11,15H,2-3,6-10H2,1H3/t15-/m1/s1. The van der Waals surface area contributed by atoms with Gasteiger partial charge in [0.25, 0.3) is 11.6 Å². The fraction of sp³-hybridized carbons (Fsp3) is 0.562. The van der Waals surface area contributed by atoms with E-state index < -0.39 is 14.8 Å². The molecule has 0 spiro atoms. The van der Waals surface area contributed by atoms with Crippen molar-refractivity contribution in [1.82, 2.24) is 4.90 Å². The fourth-order valence-corrected chi connectivity index (χ4v) is 3.93. The zero-order valence-corrected chi connectivity index (χ0v) is 15.3. The number of benzene rings is 1. The maximum atomic E-state index is 12.4. The van der Waals surface area contributed by atoms with E-state index in [2.05, 4.69) is 0 Å². The predicted molar refractivity (Wildman–Crippen MR) is 94.0 cm³/mol. The van der Waals surface area contributed by atoms with Crippen molar-refractivity contribution in [3.8, 4) is 0 Å². The highest BCUT2D eigenvalue weighted by atomic mass is 32.2. The van der Waals surface area contributed by atoms with E-state index >= 15 is 0 Å². The van der Waals surface area contributed by atoms with Gasteiger partial charge in [0.2, 0.25) is 0 Å². The van der Waals surface area contributed by atoms with E-state index in [0.29, 0.717) is 38.5 Å². The molecule has 1 aromatic carbocycles. The van der Waals surface area contributed by atoms with Gasteiger partial charge in [-0.05, 0) is 25.0 Å². The number of sulfone groups is 1. The van der Waals surface area contributed by atoms with Crippen LogP contribution in [-0.4, -0.2) is 69.3 Å². The second-order valence-corrected chi connectivity index (χ2v) is 8.51. The van der Waals surface area contributed by atoms with Gasteiger partial charge >= 0.3 is 0 Å². The van der Waals surface area contributed by atoms with Gasteiger partial charge in [0, 0.05) is 45.1 Å². The number of anilines is 1. The fourth-order valence-electron chi connectivity index (χ4n) is 3.29. The number of nitro groups is 1. The van der Waals surface area contributed by atoms with Gasteiger partial charge in [0.1, 0.15) is 11.8 Å². The van der Waals surface area contributed by atoms with Crippen LogP contribution in [0, 0.1) is 10.1 Å². The Balaban J connectivity index is 1.74. The van der Waals surface area contributed by atoms with Crippen molar-refractivity contribution < 1.29 is 22.9 Å². The van der Waals surface area contributed by atoms with Gasteiger partial charge in [-0.15, -0.1) is 0 Å². The molecular formula is C16H21N3O6S. The first kappa shape index (κ1) is 18.6. The molecule has 2 saturated heterocycles. The molecule has 1 amide bonds. The van der Waals surface area contributed by atoms with Crippen LogP contribution in [0.15, 0.2) is 23.1 Å². The lowest BCUT2D eigenvalue weighted by atomic mass is 10.2. The van der Waals surface area contributed by atoms with E-state index in [-0.39, 0.29) is 22.6 Å². The van der Waals surface area contributed by atoms with Crippen molar-refractivity contribution in [3.63, 3.8) is 0 Å². The first-order valence-corrected chi connectivity index (χ1v) is 10.3. The molecule has 2 aliphatic rings. The molecular weight excluding hydrogens is 362 g/mol. The summed E-state index contributed by atoms with van der Waals surface area (Å²) in [6.07, 6.45) is 2.26. The molecule has 1 atom stereocenters. The smallest absolute Gasteiger partial charge is 0.293 e. The van der Waals surface area contributed by atoms with Crippen LogP contribution in [0.2, 0.25) is 0 Å². The van der Waals surface area contributed by atoms with Gasteiger partial charge in [-0.3, -0.25) is 14.9 Å². The number of carbonyl (C=O) groups is 1. The van der Waals surface area contributed by atoms with Crippen LogP contribution < -0.4 is 4.90 Å². The number of amides is 1. The zero-order chi connectivity index (χ0) is 18.9. The lowest BCUT2D eigenvalue weighted by molar-refractivity contribution is -0.384. The lowest BCUT2D eigenvalue weighted by Crippen LogP contribution is -2.51. The predicted octanol–water partition coefficient (Wildman–Crippen LogP) is 0.826. The maximum Gasteiger partial charge on any atom is 0.293 e. The summed E-state index contributed by atoms with van der Waals surface area (Å²) in [5.41, 5.74) is 0.124. The second kappa shape index (κ2) is 7.20. The summed E-state index contributed by atoms with van der Waals surface area (Å²) in [5.74, 6) is -0.0240. The van der Waals surface area contributed by atoms with Gasteiger partial charge in [-0.2, -0.15) is 0 Å². The van der Waals surface area contributed by atoms with Crippen LogP contribution in [-0.2, 0) is 19.4 Å². The quantitative estimate of drug-likeness (QED) is 0.559. The zero-order valence-electron chi connectivity index (χ0n) is 14.5. The first-order chi connectivity index (χ1) is 12.3. The van der Waals surface area contributed by atoms with Crippen molar-refractivity contribution in [2.24, 2.45) is 0 Å². The molecule has 9 nitrogen and oxygen atoms in total. The summed E-state index contributed by atoms with van der Waals surface area (Å²) in [4.78, 5) is 26.7. The minimum atomic E-state index is -3.53. The van der Waals surface area contributed by atoms with Crippen molar-refractivity contribution in [1.29, 1.82) is 0 Å². The van der Waals surface area contributed by atoms with Crippen LogP contribution in [0.3, 0.4) is 0 Å². The van der Waals surface area contributed by atoms with Crippen LogP contribution in [0.5, 0.6) is 0 Å². The molecule has 0 aliphatic carbocycles. The van der Waals surface area contributed by atoms with E-state index in [4.69, 9.17) is 4.74 Å². The Morgan fingerprint density at radius 1 is 1.27 bits per heavy atom. The van der Waals surface area contributed by atoms with Crippen molar-refractivity contribution in [2.75, 3.05) is 43.9 Å². The third-order valence-corrected chi connectivity index (χ3v) is 5.82. The summed E-state index contributed by atoms with van der Waals surface area (Å²) in [7, 11) is -3.53. The number of hydrogen-bond donors (Lipinski definition) is 0. The number of piperazine rings is 1. The average molecular weight is 383 g/mol. The Morgan fingerprint density at radius 3 is 2.50 bits per heavy atom. The van der Waals surface area contributed by atoms with Crippen LogP contribution in [0.1, 0.15) is 12.8 Å².